The maximum absolute atomic E-state index is 10.3. The fourth-order valence-electron chi connectivity index (χ4n) is 3.53. The number of fused-ring (bicyclic) bond motifs is 1. The summed E-state index contributed by atoms with van der Waals surface area (Å²) in [6.45, 7) is 4.57. The van der Waals surface area contributed by atoms with Crippen molar-refractivity contribution in [2.75, 3.05) is 19.7 Å². The molecule has 0 unspecified atom stereocenters. The van der Waals surface area contributed by atoms with Crippen LogP contribution < -0.4 is 0 Å². The van der Waals surface area contributed by atoms with Crippen LogP contribution in [0.15, 0.2) is 24.3 Å². The number of likely N-dealkylation sites (tertiary alicyclic amines) is 1. The number of benzene rings is 1. The first-order valence-electron chi connectivity index (χ1n) is 8.02. The minimum atomic E-state index is -0.399. The molecule has 0 spiro atoms. The van der Waals surface area contributed by atoms with E-state index in [1.807, 2.05) is 18.2 Å². The average Bonchev–Trinajstić information content (AvgIpc) is 2.93. The van der Waals surface area contributed by atoms with Gasteiger partial charge in [-0.15, -0.1) is 11.3 Å². The van der Waals surface area contributed by atoms with Crippen LogP contribution in [0.25, 0.3) is 10.2 Å². The van der Waals surface area contributed by atoms with Gasteiger partial charge < -0.3 is 10.2 Å². The molecule has 0 aliphatic carbocycles. The minimum absolute atomic E-state index is 0.0539. The minimum Gasteiger partial charge on any atom is -0.396 e. The molecule has 1 saturated heterocycles. The van der Waals surface area contributed by atoms with Crippen LogP contribution in [0.1, 0.15) is 31.2 Å². The van der Waals surface area contributed by atoms with Gasteiger partial charge in [-0.3, -0.25) is 4.90 Å². The molecule has 2 atom stereocenters. The van der Waals surface area contributed by atoms with Crippen molar-refractivity contribution < 1.29 is 10.2 Å². The van der Waals surface area contributed by atoms with E-state index < -0.39 is 6.10 Å². The molecule has 1 aliphatic heterocycles. The lowest BCUT2D eigenvalue weighted by Gasteiger charge is -2.45. The van der Waals surface area contributed by atoms with Gasteiger partial charge in [0.05, 0.1) is 29.5 Å². The molecule has 2 N–H and O–H groups in total. The normalized spacial score (nSPS) is 26.6. The van der Waals surface area contributed by atoms with Gasteiger partial charge in [-0.05, 0) is 25.0 Å². The summed E-state index contributed by atoms with van der Waals surface area (Å²) < 4.78 is 1.22. The second kappa shape index (κ2) is 6.62. The van der Waals surface area contributed by atoms with Crippen LogP contribution in [0.3, 0.4) is 0 Å². The molecule has 0 amide bonds. The zero-order valence-electron chi connectivity index (χ0n) is 13.0. The summed E-state index contributed by atoms with van der Waals surface area (Å²) in [6, 6.07) is 8.21. The molecule has 5 heteroatoms. The van der Waals surface area contributed by atoms with Crippen LogP contribution in [-0.4, -0.2) is 45.9 Å². The van der Waals surface area contributed by atoms with E-state index in [4.69, 9.17) is 4.98 Å². The molecule has 1 aliphatic rings. The van der Waals surface area contributed by atoms with Crippen LogP contribution in [0.5, 0.6) is 0 Å². The molecular formula is C17H24N2O2S. The molecule has 0 radical (unpaired) electrons. The number of aliphatic hydroxyl groups is 2. The number of thiazole rings is 1. The molecule has 4 nitrogen and oxygen atoms in total. The summed E-state index contributed by atoms with van der Waals surface area (Å²) in [4.78, 5) is 7.03. The summed E-state index contributed by atoms with van der Waals surface area (Å²) >= 11 is 1.74. The fourth-order valence-corrected chi connectivity index (χ4v) is 4.54. The summed E-state index contributed by atoms with van der Waals surface area (Å²) in [5, 5.41) is 21.3. The Bertz CT molecular complexity index is 597. The topological polar surface area (TPSA) is 56.6 Å². The molecule has 120 valence electrons. The number of nitrogens with zero attached hydrogens (tertiary/aromatic N) is 2. The Morgan fingerprint density at radius 1 is 1.41 bits per heavy atom. The first kappa shape index (κ1) is 15.9. The lowest BCUT2D eigenvalue weighted by molar-refractivity contribution is -0.0819. The third-order valence-electron chi connectivity index (χ3n) is 4.72. The molecule has 1 fully saturated rings. The summed E-state index contributed by atoms with van der Waals surface area (Å²) in [6.07, 6.45) is 2.17. The van der Waals surface area contributed by atoms with Gasteiger partial charge >= 0.3 is 0 Å². The second-order valence-corrected chi connectivity index (χ2v) is 7.48. The van der Waals surface area contributed by atoms with Crippen molar-refractivity contribution in [2.45, 2.75) is 38.8 Å². The Labute approximate surface area is 135 Å². The van der Waals surface area contributed by atoms with Gasteiger partial charge in [0.1, 0.15) is 5.01 Å². The first-order valence-corrected chi connectivity index (χ1v) is 8.84. The molecule has 22 heavy (non-hydrogen) atoms. The maximum Gasteiger partial charge on any atom is 0.108 e. The molecular weight excluding hydrogens is 296 g/mol. The van der Waals surface area contributed by atoms with E-state index in [0.717, 1.165) is 49.4 Å². The number of para-hydroxylation sites is 1. The zero-order chi connectivity index (χ0) is 15.6. The molecule has 0 bridgehead atoms. The SMILES string of the molecule is CCC[C@@]1(CO)CN(Cc2nc3ccccc3s2)CC[C@H]1O. The van der Waals surface area contributed by atoms with Crippen LogP contribution in [0.4, 0.5) is 0 Å². The molecule has 0 saturated carbocycles. The number of hydrogen-bond donors (Lipinski definition) is 2. The third kappa shape index (κ3) is 3.04. The Balaban J connectivity index is 1.74. The van der Waals surface area contributed by atoms with Crippen LogP contribution in [0, 0.1) is 5.41 Å². The highest BCUT2D eigenvalue weighted by molar-refractivity contribution is 7.18. The van der Waals surface area contributed by atoms with Gasteiger partial charge in [-0.25, -0.2) is 4.98 Å². The van der Waals surface area contributed by atoms with Crippen molar-refractivity contribution in [3.63, 3.8) is 0 Å². The second-order valence-electron chi connectivity index (χ2n) is 6.36. The smallest absolute Gasteiger partial charge is 0.108 e. The highest BCUT2D eigenvalue weighted by Crippen LogP contribution is 2.35. The van der Waals surface area contributed by atoms with Gasteiger partial charge in [0.25, 0.3) is 0 Å². The van der Waals surface area contributed by atoms with E-state index in [1.54, 1.807) is 11.3 Å². The van der Waals surface area contributed by atoms with Crippen LogP contribution >= 0.6 is 11.3 Å². The van der Waals surface area contributed by atoms with Crippen molar-refractivity contribution >= 4 is 21.6 Å². The molecule has 1 aromatic carbocycles. The van der Waals surface area contributed by atoms with Gasteiger partial charge in [-0.1, -0.05) is 25.5 Å². The summed E-state index contributed by atoms with van der Waals surface area (Å²) in [7, 11) is 0. The van der Waals surface area contributed by atoms with Crippen molar-refractivity contribution in [2.24, 2.45) is 5.41 Å². The Kier molecular flexibility index (Phi) is 4.78. The van der Waals surface area contributed by atoms with Gasteiger partial charge in [0, 0.05) is 18.5 Å². The average molecular weight is 320 g/mol. The Morgan fingerprint density at radius 2 is 2.23 bits per heavy atom. The quantitative estimate of drug-likeness (QED) is 0.889. The van der Waals surface area contributed by atoms with E-state index in [2.05, 4.69) is 17.9 Å². The van der Waals surface area contributed by atoms with E-state index in [0.29, 0.717) is 0 Å². The third-order valence-corrected chi connectivity index (χ3v) is 5.75. The van der Waals surface area contributed by atoms with E-state index >= 15 is 0 Å². The van der Waals surface area contributed by atoms with Crippen LogP contribution in [0.2, 0.25) is 0 Å². The van der Waals surface area contributed by atoms with Crippen LogP contribution in [-0.2, 0) is 6.54 Å². The van der Waals surface area contributed by atoms with Crippen molar-refractivity contribution in [3.8, 4) is 0 Å². The Hall–Kier alpha value is -1.01. The predicted molar refractivity (Wildman–Crippen MR) is 89.9 cm³/mol. The van der Waals surface area contributed by atoms with Gasteiger partial charge in [0.15, 0.2) is 0 Å². The van der Waals surface area contributed by atoms with Crippen molar-refractivity contribution in [1.29, 1.82) is 0 Å². The largest absolute Gasteiger partial charge is 0.396 e. The molecule has 1 aromatic heterocycles. The number of aliphatic hydroxyl groups excluding tert-OH is 2. The highest BCUT2D eigenvalue weighted by atomic mass is 32.1. The highest BCUT2D eigenvalue weighted by Gasteiger charge is 2.41. The predicted octanol–water partition coefficient (Wildman–Crippen LogP) is 2.64. The Morgan fingerprint density at radius 3 is 2.95 bits per heavy atom. The fraction of sp³-hybridized carbons (Fsp3) is 0.588. The number of aromatic nitrogens is 1. The van der Waals surface area contributed by atoms with E-state index in [9.17, 15) is 10.2 Å². The lowest BCUT2D eigenvalue weighted by Crippen LogP contribution is -2.53. The lowest BCUT2D eigenvalue weighted by atomic mass is 9.74. The zero-order valence-corrected chi connectivity index (χ0v) is 13.9. The standard InChI is InChI=1S/C17H24N2O2S/c1-2-8-17(12-20)11-19(9-7-15(17)21)10-16-18-13-5-3-4-6-14(13)22-16/h3-6,15,20-21H,2,7-12H2,1H3/t15-,17+/m1/s1. The molecule has 3 rings (SSSR count). The van der Waals surface area contributed by atoms with E-state index in [-0.39, 0.29) is 12.0 Å². The maximum atomic E-state index is 10.3. The number of hydrogen-bond acceptors (Lipinski definition) is 5. The number of rotatable bonds is 5. The van der Waals surface area contributed by atoms with Crippen molar-refractivity contribution in [1.82, 2.24) is 9.88 Å². The first-order chi connectivity index (χ1) is 10.7. The van der Waals surface area contributed by atoms with Crippen molar-refractivity contribution in [3.05, 3.63) is 29.3 Å². The summed E-state index contributed by atoms with van der Waals surface area (Å²) in [5.74, 6) is 0. The molecule has 2 heterocycles. The number of piperidine rings is 1. The molecule has 2 aromatic rings. The van der Waals surface area contributed by atoms with Gasteiger partial charge in [0.2, 0.25) is 0 Å². The van der Waals surface area contributed by atoms with E-state index in [1.165, 1.54) is 4.70 Å². The monoisotopic (exact) mass is 320 g/mol. The summed E-state index contributed by atoms with van der Waals surface area (Å²) in [5.41, 5.74) is 0.686. The van der Waals surface area contributed by atoms with Gasteiger partial charge in [-0.2, -0.15) is 0 Å².